The second kappa shape index (κ2) is 6.54. The first-order chi connectivity index (χ1) is 5.91. The van der Waals surface area contributed by atoms with E-state index >= 15 is 0 Å². The quantitative estimate of drug-likeness (QED) is 0.540. The van der Waals surface area contributed by atoms with Crippen molar-refractivity contribution in [3.05, 3.63) is 0 Å². The van der Waals surface area contributed by atoms with E-state index < -0.39 is 8.80 Å². The third kappa shape index (κ3) is 8.43. The van der Waals surface area contributed by atoms with Crippen LogP contribution in [0, 0.1) is 0 Å². The van der Waals surface area contributed by atoms with Crippen molar-refractivity contribution >= 4 is 8.80 Å². The standard InChI is InChI=1S/C9H25N3Si/c1-10(2)7-13(8-11(3)4)9-12(5)6/h13H,7-9H2,1-6H3. The minimum atomic E-state index is -0.630. The Morgan fingerprint density at radius 2 is 0.846 bits per heavy atom. The molecule has 0 fully saturated rings. The zero-order chi connectivity index (χ0) is 10.4. The number of nitrogens with zero attached hydrogens (tertiary/aromatic N) is 3. The molecule has 0 aliphatic carbocycles. The molecule has 0 N–H and O–H groups in total. The molecule has 0 spiro atoms. The van der Waals surface area contributed by atoms with Gasteiger partial charge in [0.1, 0.15) is 0 Å². The molecule has 0 aromatic rings. The Labute approximate surface area is 84.9 Å². The van der Waals surface area contributed by atoms with Crippen molar-refractivity contribution in [1.82, 2.24) is 14.7 Å². The van der Waals surface area contributed by atoms with Gasteiger partial charge in [-0.3, -0.25) is 0 Å². The lowest BCUT2D eigenvalue weighted by Crippen LogP contribution is -2.45. The van der Waals surface area contributed by atoms with Crippen molar-refractivity contribution in [1.29, 1.82) is 0 Å². The summed E-state index contributed by atoms with van der Waals surface area (Å²) >= 11 is 0. The van der Waals surface area contributed by atoms with Crippen molar-refractivity contribution in [3.63, 3.8) is 0 Å². The van der Waals surface area contributed by atoms with Crippen LogP contribution >= 0.6 is 0 Å². The Hall–Kier alpha value is 0.0969. The molecule has 0 unspecified atom stereocenters. The Kier molecular flexibility index (Phi) is 6.58. The molecule has 13 heavy (non-hydrogen) atoms. The zero-order valence-electron chi connectivity index (χ0n) is 10.0. The van der Waals surface area contributed by atoms with Gasteiger partial charge in [-0.25, -0.2) is 0 Å². The molecule has 4 heteroatoms. The maximum Gasteiger partial charge on any atom is 0.0836 e. The van der Waals surface area contributed by atoms with Crippen molar-refractivity contribution < 1.29 is 0 Å². The molecule has 3 nitrogen and oxygen atoms in total. The summed E-state index contributed by atoms with van der Waals surface area (Å²) in [6, 6.07) is 0. The van der Waals surface area contributed by atoms with Crippen molar-refractivity contribution in [2.24, 2.45) is 0 Å². The lowest BCUT2D eigenvalue weighted by atomic mass is 11.0. The molecule has 0 atom stereocenters. The second-order valence-electron chi connectivity index (χ2n) is 4.65. The highest BCUT2D eigenvalue weighted by atomic mass is 28.3. The van der Waals surface area contributed by atoms with Crippen LogP contribution in [0.25, 0.3) is 0 Å². The largest absolute Gasteiger partial charge is 0.312 e. The van der Waals surface area contributed by atoms with E-state index in [0.717, 1.165) is 0 Å². The van der Waals surface area contributed by atoms with Gasteiger partial charge in [-0.1, -0.05) is 0 Å². The van der Waals surface area contributed by atoms with Crippen LogP contribution in [0.5, 0.6) is 0 Å². The molecule has 80 valence electrons. The number of hydrogen-bond donors (Lipinski definition) is 0. The summed E-state index contributed by atoms with van der Waals surface area (Å²) in [5.74, 6) is 0. The van der Waals surface area contributed by atoms with Gasteiger partial charge >= 0.3 is 0 Å². The molecule has 0 aromatic heterocycles. The molecule has 0 aliphatic heterocycles. The monoisotopic (exact) mass is 203 g/mol. The number of rotatable bonds is 6. The average molecular weight is 203 g/mol. The lowest BCUT2D eigenvalue weighted by Gasteiger charge is -2.25. The molecule has 0 amide bonds. The molecule has 0 saturated heterocycles. The highest BCUT2D eigenvalue weighted by Crippen LogP contribution is 1.91. The molecule has 0 radical (unpaired) electrons. The van der Waals surface area contributed by atoms with Crippen LogP contribution in [-0.2, 0) is 0 Å². The molecule has 0 bridgehead atoms. The third-order valence-electron chi connectivity index (χ3n) is 1.87. The van der Waals surface area contributed by atoms with Crippen molar-refractivity contribution in [3.8, 4) is 0 Å². The molecular weight excluding hydrogens is 178 g/mol. The van der Waals surface area contributed by atoms with E-state index in [2.05, 4.69) is 57.0 Å². The average Bonchev–Trinajstić information content (AvgIpc) is 1.80. The highest BCUT2D eigenvalue weighted by Gasteiger charge is 2.13. The Morgan fingerprint density at radius 1 is 0.615 bits per heavy atom. The van der Waals surface area contributed by atoms with Crippen molar-refractivity contribution in [2.75, 3.05) is 60.8 Å². The maximum absolute atomic E-state index is 2.32. The van der Waals surface area contributed by atoms with Crippen LogP contribution in [0.3, 0.4) is 0 Å². The van der Waals surface area contributed by atoms with E-state index in [4.69, 9.17) is 0 Å². The predicted octanol–water partition coefficient (Wildman–Crippen LogP) is -0.484. The minimum Gasteiger partial charge on any atom is -0.312 e. The van der Waals surface area contributed by atoms with E-state index in [1.54, 1.807) is 0 Å². The summed E-state index contributed by atoms with van der Waals surface area (Å²) in [5, 5.41) is 0. The van der Waals surface area contributed by atoms with Gasteiger partial charge in [0.25, 0.3) is 0 Å². The van der Waals surface area contributed by atoms with Gasteiger partial charge in [0, 0.05) is 0 Å². The van der Waals surface area contributed by atoms with Gasteiger partial charge in [-0.05, 0) is 60.8 Å². The first-order valence-electron chi connectivity index (χ1n) is 4.86. The Bertz CT molecular complexity index is 102. The highest BCUT2D eigenvalue weighted by molar-refractivity contribution is 6.59. The van der Waals surface area contributed by atoms with E-state index in [-0.39, 0.29) is 0 Å². The molecular formula is C9H25N3Si. The summed E-state index contributed by atoms with van der Waals surface area (Å²) in [4.78, 5) is 6.97. The Morgan fingerprint density at radius 3 is 1.00 bits per heavy atom. The Balaban J connectivity index is 3.87. The molecule has 0 saturated carbocycles. The van der Waals surface area contributed by atoms with E-state index in [1.807, 2.05) is 0 Å². The van der Waals surface area contributed by atoms with Crippen LogP contribution in [-0.4, -0.2) is 84.3 Å². The van der Waals surface area contributed by atoms with Gasteiger partial charge < -0.3 is 14.7 Å². The topological polar surface area (TPSA) is 9.72 Å². The SMILES string of the molecule is CN(C)C[SiH](CN(C)C)CN(C)C. The van der Waals surface area contributed by atoms with Gasteiger partial charge in [0.15, 0.2) is 0 Å². The van der Waals surface area contributed by atoms with E-state index in [0.29, 0.717) is 0 Å². The maximum atomic E-state index is 2.32. The predicted molar refractivity (Wildman–Crippen MR) is 62.8 cm³/mol. The van der Waals surface area contributed by atoms with Crippen LogP contribution < -0.4 is 0 Å². The van der Waals surface area contributed by atoms with Gasteiger partial charge in [0.05, 0.1) is 8.80 Å². The van der Waals surface area contributed by atoms with Crippen molar-refractivity contribution in [2.45, 2.75) is 0 Å². The fourth-order valence-corrected chi connectivity index (χ4v) is 5.17. The molecule has 0 aliphatic rings. The summed E-state index contributed by atoms with van der Waals surface area (Å²) in [7, 11) is 12.4. The third-order valence-corrected chi connectivity index (χ3v) is 5.61. The van der Waals surface area contributed by atoms with Crippen LogP contribution in [0.15, 0.2) is 0 Å². The molecule has 0 rings (SSSR count). The van der Waals surface area contributed by atoms with E-state index in [1.165, 1.54) is 18.5 Å². The van der Waals surface area contributed by atoms with E-state index in [9.17, 15) is 0 Å². The normalized spacial score (nSPS) is 12.5. The van der Waals surface area contributed by atoms with Gasteiger partial charge in [-0.2, -0.15) is 0 Å². The molecule has 0 aromatic carbocycles. The second-order valence-corrected chi connectivity index (χ2v) is 7.48. The smallest absolute Gasteiger partial charge is 0.0836 e. The summed E-state index contributed by atoms with van der Waals surface area (Å²) in [5.41, 5.74) is 0. The summed E-state index contributed by atoms with van der Waals surface area (Å²) in [6.07, 6.45) is 3.91. The first kappa shape index (κ1) is 13.1. The minimum absolute atomic E-state index is 0.630. The number of hydrogen-bond acceptors (Lipinski definition) is 3. The fourth-order valence-electron chi connectivity index (χ4n) is 1.72. The summed E-state index contributed by atoms with van der Waals surface area (Å²) in [6.45, 7) is 0. The molecule has 0 heterocycles. The van der Waals surface area contributed by atoms with Gasteiger partial charge in [-0.15, -0.1) is 0 Å². The van der Waals surface area contributed by atoms with Crippen LogP contribution in [0.4, 0.5) is 0 Å². The van der Waals surface area contributed by atoms with Crippen LogP contribution in [0.2, 0.25) is 0 Å². The summed E-state index contributed by atoms with van der Waals surface area (Å²) < 4.78 is 0. The zero-order valence-corrected chi connectivity index (χ0v) is 11.2. The lowest BCUT2D eigenvalue weighted by molar-refractivity contribution is 0.419. The van der Waals surface area contributed by atoms with Crippen LogP contribution in [0.1, 0.15) is 0 Å². The van der Waals surface area contributed by atoms with Gasteiger partial charge in [0.2, 0.25) is 0 Å². The fraction of sp³-hybridized carbons (Fsp3) is 1.00. The first-order valence-corrected chi connectivity index (χ1v) is 7.31.